The molecule has 2 unspecified atom stereocenters. The monoisotopic (exact) mass is 886 g/mol. The van der Waals surface area contributed by atoms with Crippen molar-refractivity contribution in [2.24, 2.45) is 0 Å². The summed E-state index contributed by atoms with van der Waals surface area (Å²) in [7, 11) is 1.37. The Hall–Kier alpha value is -0.760. The molecule has 2 atom stereocenters. The van der Waals surface area contributed by atoms with Gasteiger partial charge in [0.1, 0.15) is 19.3 Å². The summed E-state index contributed by atoms with van der Waals surface area (Å²) in [6.45, 7) is 5.46. The number of phosphoric acid groups is 1. The van der Waals surface area contributed by atoms with Gasteiger partial charge in [-0.05, 0) is 38.5 Å². The van der Waals surface area contributed by atoms with Crippen LogP contribution in [0.15, 0.2) is 12.2 Å². The Labute approximate surface area is 380 Å². The van der Waals surface area contributed by atoms with Crippen molar-refractivity contribution in [1.82, 2.24) is 0 Å². The van der Waals surface area contributed by atoms with Crippen LogP contribution in [0.2, 0.25) is 0 Å². The average molecular weight is 886 g/mol. The first-order valence-corrected chi connectivity index (χ1v) is 27.9. The molecule has 8 nitrogen and oxygen atoms in total. The molecule has 0 radical (unpaired) electrons. The van der Waals surface area contributed by atoms with Gasteiger partial charge in [-0.1, -0.05) is 225 Å². The average Bonchev–Trinajstić information content (AvgIpc) is 3.22. The number of ether oxygens (including phenoxy) is 2. The van der Waals surface area contributed by atoms with E-state index in [1.807, 2.05) is 21.1 Å². The van der Waals surface area contributed by atoms with Crippen molar-refractivity contribution in [3.05, 3.63) is 12.2 Å². The fraction of sp³-hybridized carbons (Fsp3) is 0.942. The number of hydrogen-bond donors (Lipinski definition) is 0. The largest absolute Gasteiger partial charge is 0.756 e. The summed E-state index contributed by atoms with van der Waals surface area (Å²) in [5, 5.41) is 0. The number of carbonyl (C=O) groups excluding carboxylic acids is 1. The van der Waals surface area contributed by atoms with Crippen molar-refractivity contribution >= 4 is 13.8 Å². The first-order chi connectivity index (χ1) is 29.6. The van der Waals surface area contributed by atoms with Crippen LogP contribution in [0, 0.1) is 0 Å². The summed E-state index contributed by atoms with van der Waals surface area (Å²) in [5.41, 5.74) is 0. The van der Waals surface area contributed by atoms with Crippen molar-refractivity contribution in [3.8, 4) is 0 Å². The summed E-state index contributed by atoms with van der Waals surface area (Å²) in [6, 6.07) is 0. The first-order valence-electron chi connectivity index (χ1n) is 26.4. The lowest BCUT2D eigenvalue weighted by Gasteiger charge is -2.28. The van der Waals surface area contributed by atoms with Crippen LogP contribution in [0.1, 0.15) is 258 Å². The lowest BCUT2D eigenvalue weighted by molar-refractivity contribution is -0.870. The third-order valence-electron chi connectivity index (χ3n) is 11.8. The van der Waals surface area contributed by atoms with Gasteiger partial charge < -0.3 is 27.9 Å². The standard InChI is InChI=1S/C52H104NO7P/c1-6-8-10-12-14-16-18-20-22-24-25-26-27-28-29-31-33-35-37-39-41-43-45-52(54)60-51(50-59-61(55,56)58-48-46-53(3,4)5)49-57-47-44-42-40-38-36-34-32-30-23-21-19-17-15-13-11-9-7-2/h23,30,51H,6-22,24-29,31-50H2,1-5H3/b30-23-. The van der Waals surface area contributed by atoms with E-state index in [0.717, 1.165) is 32.1 Å². The third-order valence-corrected chi connectivity index (χ3v) is 12.8. The Morgan fingerprint density at radius 3 is 1.25 bits per heavy atom. The minimum Gasteiger partial charge on any atom is -0.756 e. The zero-order valence-electron chi connectivity index (χ0n) is 41.4. The number of quaternary nitrogens is 1. The second-order valence-corrected chi connectivity index (χ2v) is 20.7. The fourth-order valence-corrected chi connectivity index (χ4v) is 8.45. The lowest BCUT2D eigenvalue weighted by Crippen LogP contribution is -2.37. The number of esters is 1. The molecular formula is C52H104NO7P. The fourth-order valence-electron chi connectivity index (χ4n) is 7.72. The van der Waals surface area contributed by atoms with Crippen LogP contribution in [-0.4, -0.2) is 70.7 Å². The molecule has 0 saturated carbocycles. The smallest absolute Gasteiger partial charge is 0.306 e. The molecule has 364 valence electrons. The van der Waals surface area contributed by atoms with E-state index in [1.165, 1.54) is 205 Å². The Kier molecular flexibility index (Phi) is 45.2. The van der Waals surface area contributed by atoms with Crippen LogP contribution in [0.25, 0.3) is 0 Å². The molecule has 0 fully saturated rings. The first kappa shape index (κ1) is 60.2. The van der Waals surface area contributed by atoms with Crippen LogP contribution in [0.3, 0.4) is 0 Å². The number of rotatable bonds is 50. The normalized spacial score (nSPS) is 13.6. The van der Waals surface area contributed by atoms with E-state index in [0.29, 0.717) is 24.1 Å². The molecule has 9 heteroatoms. The van der Waals surface area contributed by atoms with E-state index in [1.54, 1.807) is 0 Å². The van der Waals surface area contributed by atoms with Gasteiger partial charge in [-0.3, -0.25) is 9.36 Å². The second kappa shape index (κ2) is 45.8. The topological polar surface area (TPSA) is 94.1 Å². The number of allylic oxidation sites excluding steroid dienone is 2. The van der Waals surface area contributed by atoms with Crippen LogP contribution < -0.4 is 4.89 Å². The van der Waals surface area contributed by atoms with Crippen molar-refractivity contribution < 1.29 is 37.3 Å². The van der Waals surface area contributed by atoms with Gasteiger partial charge in [0.25, 0.3) is 7.82 Å². The zero-order valence-corrected chi connectivity index (χ0v) is 42.3. The molecule has 0 aromatic heterocycles. The number of phosphoric ester groups is 1. The van der Waals surface area contributed by atoms with Crippen molar-refractivity contribution in [2.45, 2.75) is 264 Å². The van der Waals surface area contributed by atoms with Gasteiger partial charge in [0.2, 0.25) is 0 Å². The zero-order chi connectivity index (χ0) is 44.8. The van der Waals surface area contributed by atoms with Crippen molar-refractivity contribution in [1.29, 1.82) is 0 Å². The van der Waals surface area contributed by atoms with Gasteiger partial charge in [0.05, 0.1) is 34.4 Å². The van der Waals surface area contributed by atoms with Gasteiger partial charge >= 0.3 is 5.97 Å². The SMILES string of the molecule is CCCCCCCCC/C=C\CCCCCCCCOCC(COP(=O)([O-])OCC[N+](C)(C)C)OC(=O)CCCCCCCCCCCCCCCCCCCCCCCC. The van der Waals surface area contributed by atoms with E-state index >= 15 is 0 Å². The van der Waals surface area contributed by atoms with Gasteiger partial charge in [-0.25, -0.2) is 0 Å². The highest BCUT2D eigenvalue weighted by Gasteiger charge is 2.20. The van der Waals surface area contributed by atoms with E-state index < -0.39 is 13.9 Å². The Bertz CT molecular complexity index is 987. The molecule has 0 N–H and O–H groups in total. The predicted octanol–water partition coefficient (Wildman–Crippen LogP) is 15.5. The maximum Gasteiger partial charge on any atom is 0.306 e. The summed E-state index contributed by atoms with van der Waals surface area (Å²) in [5.74, 6) is -0.329. The number of likely N-dealkylation sites (N-methyl/N-ethyl adjacent to an activating group) is 1. The third kappa shape index (κ3) is 50.1. The van der Waals surface area contributed by atoms with Gasteiger partial charge in [-0.15, -0.1) is 0 Å². The molecule has 0 aromatic rings. The van der Waals surface area contributed by atoms with Gasteiger partial charge in [0.15, 0.2) is 0 Å². The molecule has 0 saturated heterocycles. The van der Waals surface area contributed by atoms with Gasteiger partial charge in [-0.2, -0.15) is 0 Å². The Morgan fingerprint density at radius 1 is 0.492 bits per heavy atom. The molecule has 0 spiro atoms. The molecule has 61 heavy (non-hydrogen) atoms. The number of carbonyl (C=O) groups is 1. The minimum atomic E-state index is -4.53. The molecule has 0 rings (SSSR count). The summed E-state index contributed by atoms with van der Waals surface area (Å²) < 4.78 is 34.8. The molecule has 0 heterocycles. The molecule has 0 amide bonds. The summed E-state index contributed by atoms with van der Waals surface area (Å²) >= 11 is 0. The van der Waals surface area contributed by atoms with E-state index in [9.17, 15) is 14.3 Å². The molecular weight excluding hydrogens is 782 g/mol. The maximum atomic E-state index is 12.8. The number of unbranched alkanes of at least 4 members (excludes halogenated alkanes) is 34. The lowest BCUT2D eigenvalue weighted by atomic mass is 10.0. The predicted molar refractivity (Wildman–Crippen MR) is 259 cm³/mol. The number of hydrogen-bond acceptors (Lipinski definition) is 7. The van der Waals surface area contributed by atoms with Crippen LogP contribution in [-0.2, 0) is 27.9 Å². The van der Waals surface area contributed by atoms with Gasteiger partial charge in [0, 0.05) is 13.0 Å². The van der Waals surface area contributed by atoms with Crippen LogP contribution >= 0.6 is 7.82 Å². The van der Waals surface area contributed by atoms with E-state index in [2.05, 4.69) is 26.0 Å². The molecule has 0 aliphatic carbocycles. The van der Waals surface area contributed by atoms with Crippen molar-refractivity contribution in [3.63, 3.8) is 0 Å². The highest BCUT2D eigenvalue weighted by Crippen LogP contribution is 2.38. The molecule has 0 aliphatic heterocycles. The van der Waals surface area contributed by atoms with E-state index in [-0.39, 0.29) is 25.8 Å². The Morgan fingerprint density at radius 2 is 0.852 bits per heavy atom. The number of nitrogens with zero attached hydrogens (tertiary/aromatic N) is 1. The van der Waals surface area contributed by atoms with E-state index in [4.69, 9.17) is 18.5 Å². The second-order valence-electron chi connectivity index (χ2n) is 19.2. The molecule has 0 bridgehead atoms. The molecule has 0 aromatic carbocycles. The van der Waals surface area contributed by atoms with Crippen LogP contribution in [0.5, 0.6) is 0 Å². The minimum absolute atomic E-state index is 0.0285. The van der Waals surface area contributed by atoms with Crippen molar-refractivity contribution in [2.75, 3.05) is 54.1 Å². The van der Waals surface area contributed by atoms with Crippen LogP contribution in [0.4, 0.5) is 0 Å². The maximum absolute atomic E-state index is 12.8. The quantitative estimate of drug-likeness (QED) is 0.0197. The highest BCUT2D eigenvalue weighted by molar-refractivity contribution is 7.45. The summed E-state index contributed by atoms with van der Waals surface area (Å²) in [4.78, 5) is 25.2. The molecule has 0 aliphatic rings. The Balaban J connectivity index is 4.08. The highest BCUT2D eigenvalue weighted by atomic mass is 31.2. The summed E-state index contributed by atoms with van der Waals surface area (Å²) in [6.07, 6.45) is 52.4.